The van der Waals surface area contributed by atoms with E-state index in [1.807, 2.05) is 12.1 Å². The van der Waals surface area contributed by atoms with Gasteiger partial charge >= 0.3 is 0 Å². The summed E-state index contributed by atoms with van der Waals surface area (Å²) in [5, 5.41) is 1.16. The quantitative estimate of drug-likeness (QED) is 0.716. The summed E-state index contributed by atoms with van der Waals surface area (Å²) in [4.78, 5) is 2.43. The number of rotatable bonds is 2. The van der Waals surface area contributed by atoms with Crippen molar-refractivity contribution in [2.75, 3.05) is 13.1 Å². The van der Waals surface area contributed by atoms with Gasteiger partial charge in [-0.15, -0.1) is 11.6 Å². The lowest BCUT2D eigenvalue weighted by molar-refractivity contribution is 0.180. The molecule has 1 aliphatic rings. The lowest BCUT2D eigenvalue weighted by atomic mass is 9.99. The molecule has 1 aliphatic heterocycles. The van der Waals surface area contributed by atoms with E-state index in [-0.39, 0.29) is 0 Å². The Hall–Kier alpha value is 0.240. The molecule has 2 rings (SSSR count). The molecule has 1 saturated heterocycles. The van der Waals surface area contributed by atoms with Crippen LogP contribution in [-0.2, 0) is 6.54 Å². The molecule has 4 heteroatoms. The molecule has 0 saturated carbocycles. The normalized spacial score (nSPS) is 26.1. The topological polar surface area (TPSA) is 3.24 Å². The number of likely N-dealkylation sites (tertiary alicyclic amines) is 1. The number of hydrogen-bond acceptors (Lipinski definition) is 1. The number of halogens is 3. The zero-order valence-electron chi connectivity index (χ0n) is 9.80. The molecule has 0 amide bonds. The third kappa shape index (κ3) is 3.60. The molecule has 1 heterocycles. The molecule has 0 radical (unpaired) electrons. The Morgan fingerprint density at radius 1 is 1.47 bits per heavy atom. The van der Waals surface area contributed by atoms with Gasteiger partial charge in [0.05, 0.1) is 0 Å². The highest BCUT2D eigenvalue weighted by Crippen LogP contribution is 2.26. The van der Waals surface area contributed by atoms with Gasteiger partial charge in [-0.1, -0.05) is 40.5 Å². The number of hydrogen-bond donors (Lipinski definition) is 0. The van der Waals surface area contributed by atoms with Crippen LogP contribution in [0.4, 0.5) is 0 Å². The molecule has 17 heavy (non-hydrogen) atoms. The Kier molecular flexibility index (Phi) is 4.76. The van der Waals surface area contributed by atoms with Crippen LogP contribution in [0.5, 0.6) is 0 Å². The predicted octanol–water partition coefficient (Wildman–Crippen LogP) is 4.55. The maximum atomic E-state index is 6.23. The lowest BCUT2D eigenvalue weighted by Crippen LogP contribution is -2.39. The third-order valence-electron chi connectivity index (χ3n) is 3.29. The van der Waals surface area contributed by atoms with E-state index in [1.165, 1.54) is 5.56 Å². The van der Waals surface area contributed by atoms with Crippen molar-refractivity contribution < 1.29 is 0 Å². The van der Waals surface area contributed by atoms with E-state index in [0.29, 0.717) is 11.3 Å². The molecule has 1 fully saturated rings. The number of nitrogens with zero attached hydrogens (tertiary/aromatic N) is 1. The first kappa shape index (κ1) is 13.7. The summed E-state index contributed by atoms with van der Waals surface area (Å²) in [7, 11) is 0. The Balaban J connectivity index is 2.01. The highest BCUT2D eigenvalue weighted by molar-refractivity contribution is 9.10. The van der Waals surface area contributed by atoms with Crippen molar-refractivity contribution >= 4 is 39.1 Å². The molecule has 1 aromatic carbocycles. The van der Waals surface area contributed by atoms with Crippen LogP contribution < -0.4 is 0 Å². The molecule has 0 spiro atoms. The van der Waals surface area contributed by atoms with Gasteiger partial charge in [-0.2, -0.15) is 0 Å². The maximum Gasteiger partial charge on any atom is 0.0462 e. The Morgan fingerprint density at radius 3 is 2.88 bits per heavy atom. The van der Waals surface area contributed by atoms with Crippen molar-refractivity contribution in [2.45, 2.75) is 25.3 Å². The van der Waals surface area contributed by atoms with Crippen molar-refractivity contribution in [2.24, 2.45) is 5.92 Å². The molecular weight excluding hydrogens is 321 g/mol. The molecule has 2 atom stereocenters. The molecule has 0 N–H and O–H groups in total. The monoisotopic (exact) mass is 335 g/mol. The minimum Gasteiger partial charge on any atom is -0.299 e. The predicted molar refractivity (Wildman–Crippen MR) is 77.9 cm³/mol. The van der Waals surface area contributed by atoms with Gasteiger partial charge in [-0.05, 0) is 36.6 Å². The summed E-state index contributed by atoms with van der Waals surface area (Å²) in [6.45, 7) is 5.25. The zero-order valence-corrected chi connectivity index (χ0v) is 12.9. The van der Waals surface area contributed by atoms with Gasteiger partial charge in [-0.3, -0.25) is 4.90 Å². The van der Waals surface area contributed by atoms with Gasteiger partial charge < -0.3 is 0 Å². The van der Waals surface area contributed by atoms with Gasteiger partial charge in [0, 0.05) is 28.0 Å². The standard InChI is InChI=1S/C13H16BrCl2N/c1-9-7-17(5-4-12(9)15)8-10-2-3-11(14)6-13(10)16/h2-3,6,9,12H,4-5,7-8H2,1H3. The summed E-state index contributed by atoms with van der Waals surface area (Å²) in [5.41, 5.74) is 1.19. The molecule has 2 unspecified atom stereocenters. The van der Waals surface area contributed by atoms with Crippen LogP contribution in [0.2, 0.25) is 5.02 Å². The average Bonchev–Trinajstić information content (AvgIpc) is 2.27. The van der Waals surface area contributed by atoms with Crippen LogP contribution in [0.3, 0.4) is 0 Å². The van der Waals surface area contributed by atoms with Crippen LogP contribution >= 0.6 is 39.1 Å². The maximum absolute atomic E-state index is 6.23. The molecule has 0 aromatic heterocycles. The second-order valence-corrected chi connectivity index (χ2v) is 6.64. The molecule has 94 valence electrons. The molecule has 1 nitrogen and oxygen atoms in total. The highest BCUT2D eigenvalue weighted by atomic mass is 79.9. The summed E-state index contributed by atoms with van der Waals surface area (Å²) in [6, 6.07) is 6.08. The highest BCUT2D eigenvalue weighted by Gasteiger charge is 2.24. The van der Waals surface area contributed by atoms with E-state index in [9.17, 15) is 0 Å². The van der Waals surface area contributed by atoms with Crippen LogP contribution in [0.1, 0.15) is 18.9 Å². The Bertz CT molecular complexity index is 397. The minimum atomic E-state index is 0.326. The van der Waals surface area contributed by atoms with E-state index < -0.39 is 0 Å². The van der Waals surface area contributed by atoms with E-state index in [4.69, 9.17) is 23.2 Å². The smallest absolute Gasteiger partial charge is 0.0462 e. The van der Waals surface area contributed by atoms with Gasteiger partial charge in [0.25, 0.3) is 0 Å². The van der Waals surface area contributed by atoms with Crippen molar-refractivity contribution in [3.8, 4) is 0 Å². The van der Waals surface area contributed by atoms with E-state index >= 15 is 0 Å². The van der Waals surface area contributed by atoms with Crippen LogP contribution in [0.15, 0.2) is 22.7 Å². The minimum absolute atomic E-state index is 0.326. The van der Waals surface area contributed by atoms with Crippen molar-refractivity contribution in [1.82, 2.24) is 4.90 Å². The SMILES string of the molecule is CC1CN(Cc2ccc(Br)cc2Cl)CCC1Cl. The molecule has 0 bridgehead atoms. The lowest BCUT2D eigenvalue weighted by Gasteiger charge is -2.34. The van der Waals surface area contributed by atoms with E-state index in [2.05, 4.69) is 33.8 Å². The fourth-order valence-corrected chi connectivity index (χ4v) is 3.15. The average molecular weight is 337 g/mol. The number of piperidine rings is 1. The largest absolute Gasteiger partial charge is 0.299 e. The third-order valence-corrected chi connectivity index (χ3v) is 4.79. The summed E-state index contributed by atoms with van der Waals surface area (Å²) in [5.74, 6) is 0.555. The van der Waals surface area contributed by atoms with Crippen LogP contribution in [0, 0.1) is 5.92 Å². The summed E-state index contributed by atoms with van der Waals surface area (Å²) >= 11 is 15.9. The van der Waals surface area contributed by atoms with Crippen molar-refractivity contribution in [3.63, 3.8) is 0 Å². The Labute approximate surface area is 121 Å². The fraction of sp³-hybridized carbons (Fsp3) is 0.538. The molecular formula is C13H16BrCl2N. The molecule has 0 aliphatic carbocycles. The van der Waals surface area contributed by atoms with Gasteiger partial charge in [0.1, 0.15) is 0 Å². The number of alkyl halides is 1. The Morgan fingerprint density at radius 2 is 2.24 bits per heavy atom. The zero-order chi connectivity index (χ0) is 12.4. The first-order valence-electron chi connectivity index (χ1n) is 5.86. The van der Waals surface area contributed by atoms with Gasteiger partial charge in [0.15, 0.2) is 0 Å². The summed E-state index contributed by atoms with van der Waals surface area (Å²) < 4.78 is 1.03. The number of benzene rings is 1. The van der Waals surface area contributed by atoms with Crippen molar-refractivity contribution in [1.29, 1.82) is 0 Å². The van der Waals surface area contributed by atoms with Gasteiger partial charge in [0.2, 0.25) is 0 Å². The van der Waals surface area contributed by atoms with Crippen LogP contribution in [-0.4, -0.2) is 23.4 Å². The first-order valence-corrected chi connectivity index (χ1v) is 7.47. The van der Waals surface area contributed by atoms with Crippen molar-refractivity contribution in [3.05, 3.63) is 33.3 Å². The van der Waals surface area contributed by atoms with Crippen LogP contribution in [0.25, 0.3) is 0 Å². The van der Waals surface area contributed by atoms with E-state index in [0.717, 1.165) is 35.6 Å². The second-order valence-electron chi connectivity index (χ2n) is 4.75. The second kappa shape index (κ2) is 5.92. The van der Waals surface area contributed by atoms with Gasteiger partial charge in [-0.25, -0.2) is 0 Å². The fourth-order valence-electron chi connectivity index (χ4n) is 2.24. The van der Waals surface area contributed by atoms with E-state index in [1.54, 1.807) is 0 Å². The first-order chi connectivity index (χ1) is 8.06. The summed E-state index contributed by atoms with van der Waals surface area (Å²) in [6.07, 6.45) is 1.07. The molecule has 1 aromatic rings.